The summed E-state index contributed by atoms with van der Waals surface area (Å²) < 4.78 is 0. The predicted molar refractivity (Wildman–Crippen MR) is 68.5 cm³/mol. The van der Waals surface area contributed by atoms with E-state index < -0.39 is 5.97 Å². The van der Waals surface area contributed by atoms with Crippen molar-refractivity contribution in [2.45, 2.75) is 58.3 Å². The van der Waals surface area contributed by atoms with Gasteiger partial charge in [-0.05, 0) is 12.8 Å². The molecule has 16 heavy (non-hydrogen) atoms. The van der Waals surface area contributed by atoms with Gasteiger partial charge in [-0.15, -0.1) is 0 Å². The van der Waals surface area contributed by atoms with Crippen LogP contribution in [0.3, 0.4) is 0 Å². The standard InChI is InChI=1S/C14H24O2/c1-3-4-5-6-7-8-9-10-11-12-13(2)14(15)16/h11-12H,2-10H2,1H3,(H,15,16). The second-order valence-corrected chi connectivity index (χ2v) is 4.14. The summed E-state index contributed by atoms with van der Waals surface area (Å²) in [5.74, 6) is -0.934. The lowest BCUT2D eigenvalue weighted by Gasteiger charge is -1.98. The Morgan fingerprint density at radius 2 is 1.69 bits per heavy atom. The van der Waals surface area contributed by atoms with E-state index >= 15 is 0 Å². The topological polar surface area (TPSA) is 37.3 Å². The molecule has 0 aromatic heterocycles. The summed E-state index contributed by atoms with van der Waals surface area (Å²) in [6.07, 6.45) is 13.5. The SMILES string of the molecule is C=C(C=CCCCCCCCCC)C(=O)O. The number of unbranched alkanes of at least 4 members (excludes halogenated alkanes) is 7. The van der Waals surface area contributed by atoms with Crippen molar-refractivity contribution in [3.63, 3.8) is 0 Å². The Morgan fingerprint density at radius 1 is 1.12 bits per heavy atom. The molecule has 0 saturated heterocycles. The van der Waals surface area contributed by atoms with Gasteiger partial charge >= 0.3 is 5.97 Å². The van der Waals surface area contributed by atoms with Crippen molar-refractivity contribution in [3.05, 3.63) is 24.3 Å². The molecule has 0 aliphatic heterocycles. The van der Waals surface area contributed by atoms with Crippen LogP contribution < -0.4 is 0 Å². The Balaban J connectivity index is 3.27. The molecule has 0 aromatic rings. The minimum absolute atomic E-state index is 0.169. The van der Waals surface area contributed by atoms with Crippen molar-refractivity contribution in [1.29, 1.82) is 0 Å². The lowest BCUT2D eigenvalue weighted by atomic mass is 10.1. The first-order valence-electron chi connectivity index (χ1n) is 6.27. The average Bonchev–Trinajstić information content (AvgIpc) is 2.26. The summed E-state index contributed by atoms with van der Waals surface area (Å²) >= 11 is 0. The zero-order valence-corrected chi connectivity index (χ0v) is 10.4. The molecule has 2 heteroatoms. The normalized spacial score (nSPS) is 10.8. The zero-order chi connectivity index (χ0) is 12.2. The molecule has 0 aliphatic carbocycles. The molecule has 0 saturated carbocycles. The molecule has 0 radical (unpaired) electrons. The van der Waals surface area contributed by atoms with E-state index in [0.717, 1.165) is 12.8 Å². The molecule has 0 aromatic carbocycles. The maximum absolute atomic E-state index is 10.4. The molecule has 0 rings (SSSR count). The minimum Gasteiger partial charge on any atom is -0.478 e. The van der Waals surface area contributed by atoms with Crippen molar-refractivity contribution < 1.29 is 9.90 Å². The van der Waals surface area contributed by atoms with E-state index in [2.05, 4.69) is 13.5 Å². The quantitative estimate of drug-likeness (QED) is 0.341. The Bertz CT molecular complexity index is 229. The van der Waals surface area contributed by atoms with Gasteiger partial charge in [-0.3, -0.25) is 0 Å². The molecule has 1 N–H and O–H groups in total. The van der Waals surface area contributed by atoms with E-state index in [0.29, 0.717) is 0 Å². The van der Waals surface area contributed by atoms with Crippen LogP contribution in [-0.2, 0) is 4.79 Å². The summed E-state index contributed by atoms with van der Waals surface area (Å²) in [7, 11) is 0. The summed E-state index contributed by atoms with van der Waals surface area (Å²) in [6.45, 7) is 5.66. The van der Waals surface area contributed by atoms with Gasteiger partial charge in [0, 0.05) is 0 Å². The van der Waals surface area contributed by atoms with Gasteiger partial charge in [0.25, 0.3) is 0 Å². The summed E-state index contributed by atoms with van der Waals surface area (Å²) in [5.41, 5.74) is 0.169. The third-order valence-electron chi connectivity index (χ3n) is 2.57. The molecule has 0 fully saturated rings. The molecular weight excluding hydrogens is 200 g/mol. The van der Waals surface area contributed by atoms with Crippen LogP contribution in [0.4, 0.5) is 0 Å². The second-order valence-electron chi connectivity index (χ2n) is 4.14. The first kappa shape index (κ1) is 14.9. The third kappa shape index (κ3) is 9.50. The average molecular weight is 224 g/mol. The van der Waals surface area contributed by atoms with Crippen molar-refractivity contribution >= 4 is 5.97 Å². The lowest BCUT2D eigenvalue weighted by molar-refractivity contribution is -0.132. The molecule has 0 aliphatic rings. The molecular formula is C14H24O2. The number of carboxylic acid groups (broad SMARTS) is 1. The smallest absolute Gasteiger partial charge is 0.335 e. The minimum atomic E-state index is -0.934. The van der Waals surface area contributed by atoms with Crippen LogP contribution in [0.15, 0.2) is 24.3 Å². The number of carbonyl (C=O) groups is 1. The third-order valence-corrected chi connectivity index (χ3v) is 2.57. The highest BCUT2D eigenvalue weighted by Crippen LogP contribution is 2.08. The van der Waals surface area contributed by atoms with Gasteiger partial charge in [0.1, 0.15) is 0 Å². The molecule has 0 bridgehead atoms. The number of aliphatic carboxylic acids is 1. The van der Waals surface area contributed by atoms with Crippen molar-refractivity contribution in [1.82, 2.24) is 0 Å². The number of hydrogen-bond donors (Lipinski definition) is 1. The van der Waals surface area contributed by atoms with E-state index in [-0.39, 0.29) is 5.57 Å². The van der Waals surface area contributed by atoms with Crippen LogP contribution >= 0.6 is 0 Å². The number of hydrogen-bond acceptors (Lipinski definition) is 1. The van der Waals surface area contributed by atoms with Gasteiger partial charge < -0.3 is 5.11 Å². The summed E-state index contributed by atoms with van der Waals surface area (Å²) in [4.78, 5) is 10.4. The van der Waals surface area contributed by atoms with Gasteiger partial charge in [-0.2, -0.15) is 0 Å². The Morgan fingerprint density at radius 3 is 2.25 bits per heavy atom. The predicted octanol–water partition coefficient (Wildman–Crippen LogP) is 4.32. The molecule has 2 nitrogen and oxygen atoms in total. The van der Waals surface area contributed by atoms with Gasteiger partial charge in [-0.25, -0.2) is 4.79 Å². The molecule has 0 heterocycles. The summed E-state index contributed by atoms with van der Waals surface area (Å²) in [6, 6.07) is 0. The van der Waals surface area contributed by atoms with Crippen LogP contribution in [0.5, 0.6) is 0 Å². The van der Waals surface area contributed by atoms with Crippen LogP contribution in [0.2, 0.25) is 0 Å². The molecule has 0 unspecified atom stereocenters. The van der Waals surface area contributed by atoms with E-state index in [1.165, 1.54) is 38.5 Å². The van der Waals surface area contributed by atoms with Crippen molar-refractivity contribution in [3.8, 4) is 0 Å². The van der Waals surface area contributed by atoms with E-state index in [1.807, 2.05) is 6.08 Å². The van der Waals surface area contributed by atoms with Crippen LogP contribution in [0.25, 0.3) is 0 Å². The number of carboxylic acids is 1. The maximum atomic E-state index is 10.4. The first-order valence-corrected chi connectivity index (χ1v) is 6.27. The van der Waals surface area contributed by atoms with Crippen LogP contribution in [-0.4, -0.2) is 11.1 Å². The van der Waals surface area contributed by atoms with E-state index in [1.54, 1.807) is 6.08 Å². The highest BCUT2D eigenvalue weighted by molar-refractivity contribution is 5.88. The number of allylic oxidation sites excluding steroid dienone is 1. The Kier molecular flexibility index (Phi) is 9.78. The molecule has 0 amide bonds. The van der Waals surface area contributed by atoms with Crippen LogP contribution in [0, 0.1) is 0 Å². The fourth-order valence-corrected chi connectivity index (χ4v) is 1.52. The largest absolute Gasteiger partial charge is 0.478 e. The fraction of sp³-hybridized carbons (Fsp3) is 0.643. The van der Waals surface area contributed by atoms with Gasteiger partial charge in [-0.1, -0.05) is 64.2 Å². The first-order chi connectivity index (χ1) is 7.68. The molecule has 0 spiro atoms. The van der Waals surface area contributed by atoms with Gasteiger partial charge in [0.15, 0.2) is 0 Å². The highest BCUT2D eigenvalue weighted by atomic mass is 16.4. The monoisotopic (exact) mass is 224 g/mol. The Hall–Kier alpha value is -1.05. The van der Waals surface area contributed by atoms with Crippen molar-refractivity contribution in [2.75, 3.05) is 0 Å². The van der Waals surface area contributed by atoms with Gasteiger partial charge in [0.05, 0.1) is 5.57 Å². The van der Waals surface area contributed by atoms with Gasteiger partial charge in [0.2, 0.25) is 0 Å². The molecule has 92 valence electrons. The lowest BCUT2D eigenvalue weighted by Crippen LogP contribution is -1.94. The number of rotatable bonds is 10. The molecule has 0 atom stereocenters. The van der Waals surface area contributed by atoms with E-state index in [4.69, 9.17) is 5.11 Å². The van der Waals surface area contributed by atoms with Crippen LogP contribution in [0.1, 0.15) is 58.3 Å². The highest BCUT2D eigenvalue weighted by Gasteiger charge is 1.96. The fourth-order valence-electron chi connectivity index (χ4n) is 1.52. The van der Waals surface area contributed by atoms with Crippen molar-refractivity contribution in [2.24, 2.45) is 0 Å². The maximum Gasteiger partial charge on any atom is 0.335 e. The Labute approximate surface area is 99.1 Å². The second kappa shape index (κ2) is 10.5. The summed E-state index contributed by atoms with van der Waals surface area (Å²) in [5, 5.41) is 8.55. The van der Waals surface area contributed by atoms with E-state index in [9.17, 15) is 4.79 Å². The zero-order valence-electron chi connectivity index (χ0n) is 10.4.